The molecule has 0 radical (unpaired) electrons. The number of rotatable bonds is 8. The molecule has 31 heavy (non-hydrogen) atoms. The molecule has 0 spiro atoms. The van der Waals surface area contributed by atoms with E-state index in [4.69, 9.17) is 22.1 Å². The van der Waals surface area contributed by atoms with Gasteiger partial charge in [-0.05, 0) is 56.5 Å². The molecule has 3 amide bonds. The Morgan fingerprint density at radius 1 is 1.39 bits per heavy atom. The lowest BCUT2D eigenvalue weighted by molar-refractivity contribution is 0.0996. The molecule has 1 aliphatic rings. The van der Waals surface area contributed by atoms with Gasteiger partial charge in [-0.25, -0.2) is 13.6 Å². The van der Waals surface area contributed by atoms with E-state index in [2.05, 4.69) is 27.0 Å². The number of anilines is 1. The minimum absolute atomic E-state index is 0.0979. The van der Waals surface area contributed by atoms with E-state index in [1.807, 2.05) is 0 Å². The van der Waals surface area contributed by atoms with Crippen LogP contribution in [0, 0.1) is 11.6 Å². The molecule has 0 saturated carbocycles. The zero-order chi connectivity index (χ0) is 22.5. The molecule has 1 aromatic heterocycles. The normalized spacial score (nSPS) is 16.3. The Balaban J connectivity index is 1.60. The Morgan fingerprint density at radius 2 is 2.16 bits per heavy atom. The number of hydrogen-bond acceptors (Lipinski definition) is 6. The Bertz CT molecular complexity index is 974. The summed E-state index contributed by atoms with van der Waals surface area (Å²) in [5.74, 6) is -2.64. The number of nitrogens with zero attached hydrogens (tertiary/aromatic N) is 2. The fourth-order valence-electron chi connectivity index (χ4n) is 3.34. The van der Waals surface area contributed by atoms with Crippen molar-refractivity contribution in [2.75, 3.05) is 25.5 Å². The van der Waals surface area contributed by atoms with Gasteiger partial charge < -0.3 is 20.7 Å². The molecule has 2 aromatic rings. The predicted molar refractivity (Wildman–Crippen MR) is 114 cm³/mol. The third-order valence-corrected chi connectivity index (χ3v) is 6.06. The zero-order valence-electron chi connectivity index (χ0n) is 16.7. The molecule has 12 heteroatoms. The molecular formula is C19H22ClF2N5O3S. The fourth-order valence-corrected chi connectivity index (χ4v) is 4.23. The van der Waals surface area contributed by atoms with Crippen molar-refractivity contribution < 1.29 is 23.1 Å². The van der Waals surface area contributed by atoms with Gasteiger partial charge in [0.1, 0.15) is 28.8 Å². The number of halogens is 3. The van der Waals surface area contributed by atoms with Crippen LogP contribution in [0.25, 0.3) is 0 Å². The molecular weight excluding hydrogens is 452 g/mol. The van der Waals surface area contributed by atoms with Crippen LogP contribution in [-0.4, -0.2) is 47.4 Å². The Hall–Kier alpha value is -2.50. The standard InChI is InChI=1S/C19H22ClF2N5O3S/c1-27-6-2-3-11(27)4-5-24-19(29)25-18-15(16(23)28)17(26-31-18)30-9-10-7-14(22)12(20)8-13(10)21/h7-8,11H,2-6,9H2,1H3,(H2,23,28)(H2,24,25,29). The topological polar surface area (TPSA) is 110 Å². The maximum absolute atomic E-state index is 13.9. The van der Waals surface area contributed by atoms with E-state index in [0.29, 0.717) is 12.6 Å². The van der Waals surface area contributed by atoms with Crippen LogP contribution in [0.4, 0.5) is 18.6 Å². The number of primary amides is 1. The first kappa shape index (κ1) is 23.2. The van der Waals surface area contributed by atoms with E-state index in [1.54, 1.807) is 0 Å². The summed E-state index contributed by atoms with van der Waals surface area (Å²) in [5.41, 5.74) is 5.13. The molecule has 0 bridgehead atoms. The number of hydrogen-bond donors (Lipinski definition) is 3. The number of carbonyl (C=O) groups excluding carboxylic acids is 2. The second-order valence-corrected chi connectivity index (χ2v) is 8.33. The van der Waals surface area contributed by atoms with Crippen molar-refractivity contribution >= 4 is 40.1 Å². The number of carbonyl (C=O) groups is 2. The Labute approximate surface area is 186 Å². The van der Waals surface area contributed by atoms with Crippen LogP contribution in [-0.2, 0) is 6.61 Å². The highest BCUT2D eigenvalue weighted by Gasteiger charge is 2.23. The molecule has 1 fully saturated rings. The first-order chi connectivity index (χ1) is 14.8. The Kier molecular flexibility index (Phi) is 7.63. The van der Waals surface area contributed by atoms with Gasteiger partial charge in [0.05, 0.1) is 5.02 Å². The highest BCUT2D eigenvalue weighted by atomic mass is 35.5. The van der Waals surface area contributed by atoms with Gasteiger partial charge in [0.15, 0.2) is 0 Å². The number of likely N-dealkylation sites (tertiary alicyclic amines) is 1. The monoisotopic (exact) mass is 473 g/mol. The number of nitrogens with one attached hydrogen (secondary N) is 2. The number of ether oxygens (including phenoxy) is 1. The van der Waals surface area contributed by atoms with Crippen LogP contribution in [0.1, 0.15) is 35.2 Å². The summed E-state index contributed by atoms with van der Waals surface area (Å²) in [4.78, 5) is 26.3. The van der Waals surface area contributed by atoms with Gasteiger partial charge in [-0.3, -0.25) is 10.1 Å². The van der Waals surface area contributed by atoms with Gasteiger partial charge in [-0.2, -0.15) is 4.37 Å². The lowest BCUT2D eigenvalue weighted by Crippen LogP contribution is -2.34. The van der Waals surface area contributed by atoms with Gasteiger partial charge in [-0.15, -0.1) is 0 Å². The summed E-state index contributed by atoms with van der Waals surface area (Å²) in [6, 6.07) is 1.64. The van der Waals surface area contributed by atoms with Crippen molar-refractivity contribution in [2.24, 2.45) is 5.73 Å². The summed E-state index contributed by atoms with van der Waals surface area (Å²) < 4.78 is 36.8. The molecule has 1 aromatic carbocycles. The van der Waals surface area contributed by atoms with Crippen LogP contribution >= 0.6 is 23.1 Å². The largest absolute Gasteiger partial charge is 0.471 e. The number of aromatic nitrogens is 1. The van der Waals surface area contributed by atoms with Crippen LogP contribution in [0.15, 0.2) is 12.1 Å². The van der Waals surface area contributed by atoms with E-state index >= 15 is 0 Å². The second-order valence-electron chi connectivity index (χ2n) is 7.15. The van der Waals surface area contributed by atoms with Gasteiger partial charge in [0, 0.05) is 18.2 Å². The maximum Gasteiger partial charge on any atom is 0.319 e. The van der Waals surface area contributed by atoms with Crippen molar-refractivity contribution in [2.45, 2.75) is 31.9 Å². The van der Waals surface area contributed by atoms with Gasteiger partial charge in [0.2, 0.25) is 5.88 Å². The van der Waals surface area contributed by atoms with Crippen LogP contribution in [0.3, 0.4) is 0 Å². The number of nitrogens with two attached hydrogens (primary N) is 1. The van der Waals surface area contributed by atoms with E-state index in [0.717, 1.165) is 49.5 Å². The van der Waals surface area contributed by atoms with E-state index < -0.39 is 30.2 Å². The highest BCUT2D eigenvalue weighted by molar-refractivity contribution is 7.11. The lowest BCUT2D eigenvalue weighted by atomic mass is 10.1. The minimum Gasteiger partial charge on any atom is -0.471 e. The number of urea groups is 1. The third kappa shape index (κ3) is 5.81. The van der Waals surface area contributed by atoms with Gasteiger partial charge in [0.25, 0.3) is 5.91 Å². The molecule has 0 aliphatic carbocycles. The minimum atomic E-state index is -0.880. The van der Waals surface area contributed by atoms with Gasteiger partial charge in [-0.1, -0.05) is 11.6 Å². The number of benzene rings is 1. The second kappa shape index (κ2) is 10.2. The fraction of sp³-hybridized carbons (Fsp3) is 0.421. The van der Waals surface area contributed by atoms with Crippen LogP contribution < -0.4 is 21.1 Å². The summed E-state index contributed by atoms with van der Waals surface area (Å²) in [6.45, 7) is 1.11. The lowest BCUT2D eigenvalue weighted by Gasteiger charge is -2.19. The van der Waals surface area contributed by atoms with Crippen molar-refractivity contribution in [1.82, 2.24) is 14.6 Å². The van der Waals surface area contributed by atoms with Gasteiger partial charge >= 0.3 is 6.03 Å². The zero-order valence-corrected chi connectivity index (χ0v) is 18.3. The van der Waals surface area contributed by atoms with Crippen molar-refractivity contribution in [3.63, 3.8) is 0 Å². The smallest absolute Gasteiger partial charge is 0.319 e. The predicted octanol–water partition coefficient (Wildman–Crippen LogP) is 3.36. The average molecular weight is 474 g/mol. The summed E-state index contributed by atoms with van der Waals surface area (Å²) >= 11 is 6.32. The van der Waals surface area contributed by atoms with Crippen LogP contribution in [0.5, 0.6) is 5.88 Å². The van der Waals surface area contributed by atoms with Crippen molar-refractivity contribution in [3.05, 3.63) is 39.9 Å². The maximum atomic E-state index is 13.9. The third-order valence-electron chi connectivity index (χ3n) is 5.02. The molecule has 1 saturated heterocycles. The molecule has 168 valence electrons. The highest BCUT2D eigenvalue weighted by Crippen LogP contribution is 2.31. The van der Waals surface area contributed by atoms with E-state index in [-0.39, 0.29) is 27.0 Å². The quantitative estimate of drug-likeness (QED) is 0.509. The Morgan fingerprint density at radius 3 is 2.84 bits per heavy atom. The molecule has 4 N–H and O–H groups in total. The van der Waals surface area contributed by atoms with E-state index in [1.165, 1.54) is 0 Å². The van der Waals surface area contributed by atoms with Crippen molar-refractivity contribution in [3.8, 4) is 5.88 Å². The molecule has 1 aliphatic heterocycles. The SMILES string of the molecule is CN1CCCC1CCNC(=O)Nc1snc(OCc2cc(F)c(Cl)cc2F)c1C(N)=O. The molecule has 8 nitrogen and oxygen atoms in total. The summed E-state index contributed by atoms with van der Waals surface area (Å²) in [6.07, 6.45) is 3.05. The summed E-state index contributed by atoms with van der Waals surface area (Å²) in [5, 5.41) is 5.01. The van der Waals surface area contributed by atoms with Crippen molar-refractivity contribution in [1.29, 1.82) is 0 Å². The number of amides is 3. The summed E-state index contributed by atoms with van der Waals surface area (Å²) in [7, 11) is 2.06. The van der Waals surface area contributed by atoms with Crippen LogP contribution in [0.2, 0.25) is 5.02 Å². The first-order valence-electron chi connectivity index (χ1n) is 9.57. The average Bonchev–Trinajstić information content (AvgIpc) is 3.29. The first-order valence-corrected chi connectivity index (χ1v) is 10.7. The molecule has 1 unspecified atom stereocenters. The molecule has 2 heterocycles. The molecule has 1 atom stereocenters. The van der Waals surface area contributed by atoms with E-state index in [9.17, 15) is 18.4 Å². The molecule has 3 rings (SSSR count).